The molecule has 0 radical (unpaired) electrons. The number of nitro groups is 1. The number of carbonyl (C=O) groups excluding carboxylic acids is 2. The smallest absolute Gasteiger partial charge is 0.273 e. The van der Waals surface area contributed by atoms with Gasteiger partial charge in [-0.2, -0.15) is 0 Å². The van der Waals surface area contributed by atoms with E-state index < -0.39 is 33.4 Å². The second-order valence-electron chi connectivity index (χ2n) is 10.8. The minimum atomic E-state index is -4.48. The summed E-state index contributed by atoms with van der Waals surface area (Å²) in [7, 11) is -3.01. The number of carbonyl (C=O) groups is 2. The van der Waals surface area contributed by atoms with Crippen LogP contribution >= 0.6 is 0 Å². The molecule has 0 saturated carbocycles. The number of ether oxygens (including phenoxy) is 1. The Morgan fingerprint density at radius 2 is 1.68 bits per heavy atom. The number of nitrogens with zero attached hydrogens (tertiary/aromatic N) is 3. The summed E-state index contributed by atoms with van der Waals surface area (Å²) in [5.41, 5.74) is 1.05. The van der Waals surface area contributed by atoms with Crippen molar-refractivity contribution in [1.29, 1.82) is 0 Å². The van der Waals surface area contributed by atoms with Gasteiger partial charge in [0.1, 0.15) is 18.3 Å². The Kier molecular flexibility index (Phi) is 11.9. The number of sulfonamides is 1. The molecule has 0 aliphatic carbocycles. The van der Waals surface area contributed by atoms with E-state index in [0.717, 1.165) is 15.9 Å². The van der Waals surface area contributed by atoms with Crippen molar-refractivity contribution in [2.75, 3.05) is 31.0 Å². The Bertz CT molecular complexity index is 1540. The van der Waals surface area contributed by atoms with Crippen LogP contribution in [-0.4, -0.2) is 62.8 Å². The third-order valence-electron chi connectivity index (χ3n) is 7.16. The van der Waals surface area contributed by atoms with Gasteiger partial charge >= 0.3 is 0 Å². The molecule has 44 heavy (non-hydrogen) atoms. The SMILES string of the molecule is CC[C@@H](C(=O)NCC(C)C)N(CCc1ccccc1)C(=O)CN(c1ccc(OC)cc1)S(=O)(=O)c1ccc(C)c([N+](=O)[O-])c1. The number of hydrogen-bond donors (Lipinski definition) is 1. The number of amides is 2. The largest absolute Gasteiger partial charge is 0.497 e. The number of nitrogens with one attached hydrogen (secondary N) is 1. The second kappa shape index (κ2) is 15.3. The summed E-state index contributed by atoms with van der Waals surface area (Å²) in [6.07, 6.45) is 0.754. The fraction of sp³-hybridized carbons (Fsp3) is 0.375. The van der Waals surface area contributed by atoms with Crippen molar-refractivity contribution in [2.45, 2.75) is 51.5 Å². The van der Waals surface area contributed by atoms with Crippen molar-refractivity contribution in [3.8, 4) is 5.75 Å². The monoisotopic (exact) mass is 624 g/mol. The normalized spacial score (nSPS) is 12.0. The van der Waals surface area contributed by atoms with Gasteiger partial charge in [-0.1, -0.05) is 57.2 Å². The molecule has 1 N–H and O–H groups in total. The first-order chi connectivity index (χ1) is 20.9. The van der Waals surface area contributed by atoms with Crippen molar-refractivity contribution in [2.24, 2.45) is 5.92 Å². The molecule has 0 spiro atoms. The van der Waals surface area contributed by atoms with E-state index in [0.29, 0.717) is 30.7 Å². The number of benzene rings is 3. The van der Waals surface area contributed by atoms with Gasteiger partial charge in [-0.15, -0.1) is 0 Å². The molecule has 3 rings (SSSR count). The van der Waals surface area contributed by atoms with Crippen LogP contribution in [0.3, 0.4) is 0 Å². The zero-order valence-corrected chi connectivity index (χ0v) is 26.5. The van der Waals surface area contributed by atoms with Crippen LogP contribution in [0.15, 0.2) is 77.7 Å². The van der Waals surface area contributed by atoms with E-state index in [1.807, 2.05) is 44.2 Å². The number of anilines is 1. The Balaban J connectivity index is 2.06. The minimum Gasteiger partial charge on any atom is -0.497 e. The van der Waals surface area contributed by atoms with E-state index in [1.165, 1.54) is 43.2 Å². The lowest BCUT2D eigenvalue weighted by Crippen LogP contribution is -2.53. The average Bonchev–Trinajstić information content (AvgIpc) is 3.01. The van der Waals surface area contributed by atoms with Gasteiger partial charge in [-0.05, 0) is 61.6 Å². The lowest BCUT2D eigenvalue weighted by molar-refractivity contribution is -0.385. The summed E-state index contributed by atoms with van der Waals surface area (Å²) >= 11 is 0. The molecule has 0 unspecified atom stereocenters. The van der Waals surface area contributed by atoms with Crippen LogP contribution in [0.1, 0.15) is 38.3 Å². The molecular formula is C32H40N4O7S. The number of rotatable bonds is 15. The molecule has 0 bridgehead atoms. The Morgan fingerprint density at radius 1 is 1.02 bits per heavy atom. The molecule has 0 aliphatic rings. The van der Waals surface area contributed by atoms with Gasteiger partial charge in [-0.3, -0.25) is 24.0 Å². The molecule has 3 aromatic rings. The van der Waals surface area contributed by atoms with Gasteiger partial charge in [0.25, 0.3) is 15.7 Å². The van der Waals surface area contributed by atoms with Gasteiger partial charge in [-0.25, -0.2) is 8.42 Å². The maximum absolute atomic E-state index is 14.1. The van der Waals surface area contributed by atoms with E-state index in [9.17, 15) is 28.1 Å². The number of aryl methyl sites for hydroxylation is 1. The zero-order chi connectivity index (χ0) is 32.4. The van der Waals surface area contributed by atoms with Gasteiger partial charge in [0, 0.05) is 24.7 Å². The summed E-state index contributed by atoms with van der Waals surface area (Å²) in [5.74, 6) is -0.246. The number of hydrogen-bond acceptors (Lipinski definition) is 7. The Hall–Kier alpha value is -4.45. The highest BCUT2D eigenvalue weighted by Gasteiger charge is 2.34. The molecule has 0 aromatic heterocycles. The van der Waals surface area contributed by atoms with Crippen molar-refractivity contribution in [3.63, 3.8) is 0 Å². The van der Waals surface area contributed by atoms with E-state index >= 15 is 0 Å². The zero-order valence-electron chi connectivity index (χ0n) is 25.7. The molecule has 2 amide bonds. The predicted octanol–water partition coefficient (Wildman–Crippen LogP) is 4.73. The highest BCUT2D eigenvalue weighted by atomic mass is 32.2. The van der Waals surface area contributed by atoms with Gasteiger partial charge < -0.3 is 15.0 Å². The maximum atomic E-state index is 14.1. The molecule has 12 heteroatoms. The quantitative estimate of drug-likeness (QED) is 0.191. The molecule has 0 aliphatic heterocycles. The average molecular weight is 625 g/mol. The second-order valence-corrected chi connectivity index (χ2v) is 12.7. The Morgan fingerprint density at radius 3 is 2.25 bits per heavy atom. The van der Waals surface area contributed by atoms with Crippen molar-refractivity contribution >= 4 is 33.2 Å². The van der Waals surface area contributed by atoms with Crippen LogP contribution in [-0.2, 0) is 26.0 Å². The highest BCUT2D eigenvalue weighted by Crippen LogP contribution is 2.29. The topological polar surface area (TPSA) is 139 Å². The first-order valence-electron chi connectivity index (χ1n) is 14.4. The lowest BCUT2D eigenvalue weighted by Gasteiger charge is -2.33. The summed E-state index contributed by atoms with van der Waals surface area (Å²) in [5, 5.41) is 14.5. The van der Waals surface area contributed by atoms with Crippen LogP contribution in [0.4, 0.5) is 11.4 Å². The van der Waals surface area contributed by atoms with Crippen molar-refractivity contribution < 1.29 is 27.7 Å². The van der Waals surface area contributed by atoms with Gasteiger partial charge in [0.2, 0.25) is 11.8 Å². The van der Waals surface area contributed by atoms with Gasteiger partial charge in [0.15, 0.2) is 0 Å². The molecule has 0 heterocycles. The summed E-state index contributed by atoms with van der Waals surface area (Å²) in [4.78, 5) is 39.5. The molecule has 11 nitrogen and oxygen atoms in total. The van der Waals surface area contributed by atoms with E-state index in [2.05, 4.69) is 5.32 Å². The number of methoxy groups -OCH3 is 1. The fourth-order valence-corrected chi connectivity index (χ4v) is 6.10. The number of nitro benzene ring substituents is 1. The van der Waals surface area contributed by atoms with Crippen LogP contribution in [0, 0.1) is 23.0 Å². The third kappa shape index (κ3) is 8.56. The standard InChI is InChI=1S/C32H40N4O7S/c1-6-29(32(38)33-21-23(2)3)34(19-18-25-10-8-7-9-11-25)31(37)22-35(26-13-15-27(43-5)16-14-26)44(41,42)28-17-12-24(4)30(20-28)36(39)40/h7-17,20,23,29H,6,18-19,21-22H2,1-5H3,(H,33,38)/t29-/m0/s1. The lowest BCUT2D eigenvalue weighted by atomic mass is 10.1. The Labute approximate surface area is 259 Å². The van der Waals surface area contributed by atoms with E-state index in [4.69, 9.17) is 4.74 Å². The third-order valence-corrected chi connectivity index (χ3v) is 8.93. The predicted molar refractivity (Wildman–Crippen MR) is 169 cm³/mol. The van der Waals surface area contributed by atoms with Crippen LogP contribution in [0.5, 0.6) is 5.75 Å². The minimum absolute atomic E-state index is 0.155. The molecule has 1 atom stereocenters. The van der Waals surface area contributed by atoms with E-state index in [1.54, 1.807) is 19.1 Å². The van der Waals surface area contributed by atoms with Gasteiger partial charge in [0.05, 0.1) is 22.6 Å². The molecular weight excluding hydrogens is 584 g/mol. The maximum Gasteiger partial charge on any atom is 0.273 e. The van der Waals surface area contributed by atoms with Crippen LogP contribution in [0.2, 0.25) is 0 Å². The van der Waals surface area contributed by atoms with Crippen molar-refractivity contribution in [3.05, 3.63) is 94.0 Å². The molecule has 236 valence electrons. The van der Waals surface area contributed by atoms with Crippen molar-refractivity contribution in [1.82, 2.24) is 10.2 Å². The van der Waals surface area contributed by atoms with E-state index in [-0.39, 0.29) is 34.6 Å². The molecule has 0 fully saturated rings. The summed E-state index contributed by atoms with van der Waals surface area (Å²) in [6, 6.07) is 18.4. The molecule has 0 saturated heterocycles. The first-order valence-corrected chi connectivity index (χ1v) is 15.9. The summed E-state index contributed by atoms with van der Waals surface area (Å²) in [6.45, 7) is 7.20. The van der Waals surface area contributed by atoms with Crippen LogP contribution in [0.25, 0.3) is 0 Å². The highest BCUT2D eigenvalue weighted by molar-refractivity contribution is 7.92. The molecule has 3 aromatic carbocycles. The van der Waals surface area contributed by atoms with Crippen LogP contribution < -0.4 is 14.4 Å². The fourth-order valence-electron chi connectivity index (χ4n) is 4.67. The first kappa shape index (κ1) is 34.0. The summed E-state index contributed by atoms with van der Waals surface area (Å²) < 4.78 is 34.3.